The number of nitrogens with zero attached hydrogens (tertiary/aromatic N) is 3. The fraction of sp³-hybridized carbons (Fsp3) is 0.778. The third kappa shape index (κ3) is 2.28. The minimum absolute atomic E-state index is 0.0219. The Labute approximate surface area is 79.1 Å². The van der Waals surface area contributed by atoms with Crippen LogP contribution in [0, 0.1) is 12.8 Å². The van der Waals surface area contributed by atoms with E-state index in [-0.39, 0.29) is 6.04 Å². The summed E-state index contributed by atoms with van der Waals surface area (Å²) in [5.41, 5.74) is 7.98. The molecule has 0 radical (unpaired) electrons. The molecule has 0 aliphatic heterocycles. The van der Waals surface area contributed by atoms with Crippen molar-refractivity contribution in [2.45, 2.75) is 33.2 Å². The van der Waals surface area contributed by atoms with Crippen LogP contribution in [0.4, 0.5) is 0 Å². The molecular formula is C9H18N4. The van der Waals surface area contributed by atoms with Crippen LogP contribution in [0.15, 0.2) is 0 Å². The Morgan fingerprint density at radius 2 is 2.08 bits per heavy atom. The Balaban J connectivity index is 2.76. The van der Waals surface area contributed by atoms with Crippen LogP contribution in [0.3, 0.4) is 0 Å². The van der Waals surface area contributed by atoms with Crippen molar-refractivity contribution < 1.29 is 0 Å². The molecule has 1 heterocycles. The summed E-state index contributed by atoms with van der Waals surface area (Å²) in [4.78, 5) is 0. The van der Waals surface area contributed by atoms with Crippen LogP contribution in [0.1, 0.15) is 37.7 Å². The zero-order valence-corrected chi connectivity index (χ0v) is 8.78. The van der Waals surface area contributed by atoms with Crippen molar-refractivity contribution in [2.24, 2.45) is 18.7 Å². The van der Waals surface area contributed by atoms with E-state index in [9.17, 15) is 0 Å². The highest BCUT2D eigenvalue weighted by atomic mass is 15.4. The van der Waals surface area contributed by atoms with Crippen LogP contribution in [0.25, 0.3) is 0 Å². The minimum Gasteiger partial charge on any atom is -0.323 e. The van der Waals surface area contributed by atoms with Gasteiger partial charge in [-0.1, -0.05) is 19.1 Å². The number of hydrogen-bond donors (Lipinski definition) is 1. The van der Waals surface area contributed by atoms with E-state index in [1.807, 2.05) is 14.0 Å². The van der Waals surface area contributed by atoms with E-state index in [0.29, 0.717) is 5.92 Å². The van der Waals surface area contributed by atoms with Gasteiger partial charge in [0.25, 0.3) is 0 Å². The van der Waals surface area contributed by atoms with Gasteiger partial charge in [0.1, 0.15) is 5.69 Å². The van der Waals surface area contributed by atoms with Gasteiger partial charge in [-0.3, -0.25) is 4.68 Å². The molecule has 1 atom stereocenters. The van der Waals surface area contributed by atoms with Gasteiger partial charge in [0, 0.05) is 7.05 Å². The molecule has 74 valence electrons. The van der Waals surface area contributed by atoms with Crippen molar-refractivity contribution >= 4 is 0 Å². The number of nitrogens with two attached hydrogens (primary N) is 1. The van der Waals surface area contributed by atoms with Crippen LogP contribution in [0.2, 0.25) is 0 Å². The maximum Gasteiger partial charge on any atom is 0.102 e. The Kier molecular flexibility index (Phi) is 3.03. The summed E-state index contributed by atoms with van der Waals surface area (Å²) in [5, 5.41) is 7.99. The fourth-order valence-electron chi connectivity index (χ4n) is 1.38. The van der Waals surface area contributed by atoms with E-state index in [0.717, 1.165) is 17.8 Å². The van der Waals surface area contributed by atoms with Gasteiger partial charge in [-0.05, 0) is 19.3 Å². The SMILES string of the molecule is Cc1c(C(N)CC(C)C)nnn1C. The molecule has 0 spiro atoms. The van der Waals surface area contributed by atoms with Gasteiger partial charge in [-0.15, -0.1) is 5.10 Å². The van der Waals surface area contributed by atoms with Crippen LogP contribution in [-0.2, 0) is 7.05 Å². The molecule has 1 aromatic rings. The third-order valence-corrected chi connectivity index (χ3v) is 2.22. The summed E-state index contributed by atoms with van der Waals surface area (Å²) < 4.78 is 1.76. The molecule has 1 aromatic heterocycles. The quantitative estimate of drug-likeness (QED) is 0.763. The lowest BCUT2D eigenvalue weighted by molar-refractivity contribution is 0.500. The Hall–Kier alpha value is -0.900. The first-order chi connectivity index (χ1) is 6.02. The standard InChI is InChI=1S/C9H18N4/c1-6(2)5-8(10)9-7(3)13(4)12-11-9/h6,8H,5,10H2,1-4H3. The van der Waals surface area contributed by atoms with Gasteiger partial charge in [0.2, 0.25) is 0 Å². The summed E-state index contributed by atoms with van der Waals surface area (Å²) in [6, 6.07) is 0.0219. The zero-order valence-electron chi connectivity index (χ0n) is 8.78. The van der Waals surface area contributed by atoms with E-state index >= 15 is 0 Å². The van der Waals surface area contributed by atoms with E-state index in [1.54, 1.807) is 4.68 Å². The van der Waals surface area contributed by atoms with Crippen molar-refractivity contribution in [2.75, 3.05) is 0 Å². The lowest BCUT2D eigenvalue weighted by Gasteiger charge is -2.11. The summed E-state index contributed by atoms with van der Waals surface area (Å²) in [5.74, 6) is 0.594. The summed E-state index contributed by atoms with van der Waals surface area (Å²) in [6.45, 7) is 6.31. The predicted molar refractivity (Wildman–Crippen MR) is 52.1 cm³/mol. The van der Waals surface area contributed by atoms with Gasteiger partial charge in [0.05, 0.1) is 11.7 Å². The highest BCUT2D eigenvalue weighted by Gasteiger charge is 2.15. The Morgan fingerprint density at radius 3 is 2.46 bits per heavy atom. The maximum absolute atomic E-state index is 5.99. The summed E-state index contributed by atoms with van der Waals surface area (Å²) >= 11 is 0. The van der Waals surface area contributed by atoms with Gasteiger partial charge in [0.15, 0.2) is 0 Å². The summed E-state index contributed by atoms with van der Waals surface area (Å²) in [6.07, 6.45) is 0.958. The number of rotatable bonds is 3. The van der Waals surface area contributed by atoms with Gasteiger partial charge >= 0.3 is 0 Å². The van der Waals surface area contributed by atoms with E-state index < -0.39 is 0 Å². The predicted octanol–water partition coefficient (Wildman–Crippen LogP) is 1.17. The molecule has 0 bridgehead atoms. The molecule has 4 heteroatoms. The molecule has 0 aromatic carbocycles. The summed E-state index contributed by atoms with van der Waals surface area (Å²) in [7, 11) is 1.88. The highest BCUT2D eigenvalue weighted by molar-refractivity contribution is 5.11. The maximum atomic E-state index is 5.99. The number of hydrogen-bond acceptors (Lipinski definition) is 3. The smallest absolute Gasteiger partial charge is 0.102 e. The number of aryl methyl sites for hydroxylation is 1. The molecular weight excluding hydrogens is 164 g/mol. The average molecular weight is 182 g/mol. The molecule has 0 fully saturated rings. The van der Waals surface area contributed by atoms with Gasteiger partial charge in [-0.2, -0.15) is 0 Å². The lowest BCUT2D eigenvalue weighted by Crippen LogP contribution is -2.14. The van der Waals surface area contributed by atoms with Crippen molar-refractivity contribution in [3.05, 3.63) is 11.4 Å². The number of aromatic nitrogens is 3. The van der Waals surface area contributed by atoms with E-state index in [2.05, 4.69) is 24.2 Å². The van der Waals surface area contributed by atoms with E-state index in [1.165, 1.54) is 0 Å². The highest BCUT2D eigenvalue weighted by Crippen LogP contribution is 2.18. The monoisotopic (exact) mass is 182 g/mol. The molecule has 0 amide bonds. The largest absolute Gasteiger partial charge is 0.323 e. The van der Waals surface area contributed by atoms with Crippen LogP contribution in [0.5, 0.6) is 0 Å². The molecule has 1 rings (SSSR count). The van der Waals surface area contributed by atoms with Gasteiger partial charge in [-0.25, -0.2) is 0 Å². The Morgan fingerprint density at radius 1 is 1.46 bits per heavy atom. The molecule has 13 heavy (non-hydrogen) atoms. The molecule has 0 aliphatic rings. The van der Waals surface area contributed by atoms with Crippen molar-refractivity contribution in [3.8, 4) is 0 Å². The minimum atomic E-state index is 0.0219. The van der Waals surface area contributed by atoms with Crippen molar-refractivity contribution in [1.29, 1.82) is 0 Å². The molecule has 4 nitrogen and oxygen atoms in total. The first-order valence-electron chi connectivity index (χ1n) is 4.64. The first kappa shape index (κ1) is 10.2. The normalized spacial score (nSPS) is 13.7. The molecule has 1 unspecified atom stereocenters. The molecule has 2 N–H and O–H groups in total. The van der Waals surface area contributed by atoms with Crippen LogP contribution >= 0.6 is 0 Å². The third-order valence-electron chi connectivity index (χ3n) is 2.22. The average Bonchev–Trinajstić information content (AvgIpc) is 2.31. The topological polar surface area (TPSA) is 56.7 Å². The zero-order chi connectivity index (χ0) is 10.0. The van der Waals surface area contributed by atoms with Crippen molar-refractivity contribution in [3.63, 3.8) is 0 Å². The second kappa shape index (κ2) is 3.87. The molecule has 0 saturated carbocycles. The van der Waals surface area contributed by atoms with Crippen LogP contribution in [-0.4, -0.2) is 15.0 Å². The first-order valence-corrected chi connectivity index (χ1v) is 4.64. The van der Waals surface area contributed by atoms with E-state index in [4.69, 9.17) is 5.73 Å². The lowest BCUT2D eigenvalue weighted by atomic mass is 10.0. The molecule has 0 aliphatic carbocycles. The second-order valence-electron chi connectivity index (χ2n) is 3.92. The van der Waals surface area contributed by atoms with Gasteiger partial charge < -0.3 is 5.73 Å². The van der Waals surface area contributed by atoms with Crippen LogP contribution < -0.4 is 5.73 Å². The molecule has 0 saturated heterocycles. The Bertz CT molecular complexity index is 277. The van der Waals surface area contributed by atoms with Crippen molar-refractivity contribution in [1.82, 2.24) is 15.0 Å². The fourth-order valence-corrected chi connectivity index (χ4v) is 1.38. The second-order valence-corrected chi connectivity index (χ2v) is 3.92.